The van der Waals surface area contributed by atoms with E-state index in [1.807, 2.05) is 58.7 Å². The van der Waals surface area contributed by atoms with Crippen molar-refractivity contribution < 1.29 is 14.3 Å². The molecule has 0 atom stereocenters. The van der Waals surface area contributed by atoms with Gasteiger partial charge in [0.25, 0.3) is 0 Å². The molecule has 7 nitrogen and oxygen atoms in total. The summed E-state index contributed by atoms with van der Waals surface area (Å²) in [6.07, 6.45) is 5.89. The molecule has 0 radical (unpaired) electrons. The van der Waals surface area contributed by atoms with Gasteiger partial charge in [0.05, 0.1) is 19.2 Å². The molecule has 0 aliphatic carbocycles. The summed E-state index contributed by atoms with van der Waals surface area (Å²) in [5.74, 6) is -0.577. The minimum atomic E-state index is -0.442. The number of anilines is 1. The molecule has 0 fully saturated rings. The number of aromatic amines is 1. The van der Waals surface area contributed by atoms with Gasteiger partial charge in [0, 0.05) is 35.2 Å². The van der Waals surface area contributed by atoms with Crippen LogP contribution in [0.2, 0.25) is 0 Å². The van der Waals surface area contributed by atoms with Crippen LogP contribution in [-0.4, -0.2) is 33.5 Å². The van der Waals surface area contributed by atoms with E-state index in [9.17, 15) is 9.59 Å². The molecule has 2 N–H and O–H groups in total. The van der Waals surface area contributed by atoms with E-state index >= 15 is 0 Å². The highest BCUT2D eigenvalue weighted by atomic mass is 32.1. The Morgan fingerprint density at radius 2 is 1.97 bits per heavy atom. The number of thiazole rings is 1. The monoisotopic (exact) mass is 406 g/mol. The number of nitrogens with one attached hydrogen (secondary N) is 2. The predicted molar refractivity (Wildman–Crippen MR) is 111 cm³/mol. The molecule has 4 aromatic rings. The van der Waals surface area contributed by atoms with Gasteiger partial charge in [-0.05, 0) is 35.9 Å². The van der Waals surface area contributed by atoms with Crippen LogP contribution in [0.3, 0.4) is 0 Å². The summed E-state index contributed by atoms with van der Waals surface area (Å²) in [4.78, 5) is 31.2. The number of benzene rings is 1. The summed E-state index contributed by atoms with van der Waals surface area (Å²) in [5, 5.41) is 5.16. The number of ether oxygens (including phenoxy) is 1. The van der Waals surface area contributed by atoms with E-state index in [0.717, 1.165) is 16.8 Å². The third-order valence-corrected chi connectivity index (χ3v) is 5.10. The van der Waals surface area contributed by atoms with Crippen molar-refractivity contribution in [3.8, 4) is 16.9 Å². The zero-order chi connectivity index (χ0) is 20.2. The summed E-state index contributed by atoms with van der Waals surface area (Å²) in [6.45, 7) is 0. The maximum Gasteiger partial charge on any atom is 0.354 e. The van der Waals surface area contributed by atoms with Gasteiger partial charge in [-0.15, -0.1) is 11.3 Å². The molecule has 4 rings (SSSR count). The van der Waals surface area contributed by atoms with Gasteiger partial charge in [-0.25, -0.2) is 9.78 Å². The van der Waals surface area contributed by atoms with Gasteiger partial charge in [-0.1, -0.05) is 12.1 Å². The number of hydrogen-bond acceptors (Lipinski definition) is 5. The number of methoxy groups -OCH3 is 1. The minimum absolute atomic E-state index is 0.135. The SMILES string of the molecule is COC(=O)c1cc(-c2csc(NC(=O)Cc3ccc(-n4cccc4)cc3)n2)c[nH]1. The fourth-order valence-corrected chi connectivity index (χ4v) is 3.61. The number of carbonyl (C=O) groups is 2. The zero-order valence-electron chi connectivity index (χ0n) is 15.6. The molecular formula is C21H18N4O3S. The molecule has 3 heterocycles. The number of hydrogen-bond donors (Lipinski definition) is 2. The lowest BCUT2D eigenvalue weighted by Crippen LogP contribution is -2.14. The Labute approximate surface area is 171 Å². The van der Waals surface area contributed by atoms with Crippen LogP contribution in [0.4, 0.5) is 5.13 Å². The smallest absolute Gasteiger partial charge is 0.354 e. The Morgan fingerprint density at radius 1 is 1.21 bits per heavy atom. The molecule has 0 bridgehead atoms. The summed E-state index contributed by atoms with van der Waals surface area (Å²) < 4.78 is 6.69. The van der Waals surface area contributed by atoms with Crippen molar-refractivity contribution in [2.24, 2.45) is 0 Å². The van der Waals surface area contributed by atoms with Crippen LogP contribution >= 0.6 is 11.3 Å². The Morgan fingerprint density at radius 3 is 2.69 bits per heavy atom. The zero-order valence-corrected chi connectivity index (χ0v) is 16.4. The normalized spacial score (nSPS) is 10.7. The first-order valence-corrected chi connectivity index (χ1v) is 9.75. The molecule has 0 spiro atoms. The van der Waals surface area contributed by atoms with E-state index in [1.54, 1.807) is 12.3 Å². The molecule has 0 unspecified atom stereocenters. The molecular weight excluding hydrogens is 388 g/mol. The van der Waals surface area contributed by atoms with Crippen molar-refractivity contribution in [2.75, 3.05) is 12.4 Å². The third-order valence-electron chi connectivity index (χ3n) is 4.34. The van der Waals surface area contributed by atoms with E-state index in [-0.39, 0.29) is 12.3 Å². The fraction of sp³-hybridized carbons (Fsp3) is 0.0952. The molecule has 146 valence electrons. The second-order valence-electron chi connectivity index (χ2n) is 6.31. The van der Waals surface area contributed by atoms with Gasteiger partial charge in [-0.2, -0.15) is 0 Å². The molecule has 1 amide bonds. The van der Waals surface area contributed by atoms with E-state index in [1.165, 1.54) is 18.4 Å². The molecule has 0 saturated carbocycles. The highest BCUT2D eigenvalue weighted by Gasteiger charge is 2.13. The number of aromatic nitrogens is 3. The highest BCUT2D eigenvalue weighted by molar-refractivity contribution is 7.14. The molecule has 0 aliphatic heterocycles. The standard InChI is InChI=1S/C21H18N4O3S/c1-28-20(27)17-11-15(12-22-17)18-13-29-21(23-18)24-19(26)10-14-4-6-16(7-5-14)25-8-2-3-9-25/h2-9,11-13,22H,10H2,1H3,(H,23,24,26). The predicted octanol–water partition coefficient (Wildman–Crippen LogP) is 3.90. The quantitative estimate of drug-likeness (QED) is 0.475. The fourth-order valence-electron chi connectivity index (χ4n) is 2.88. The van der Waals surface area contributed by atoms with Crippen molar-refractivity contribution in [1.82, 2.24) is 14.5 Å². The molecule has 29 heavy (non-hydrogen) atoms. The lowest BCUT2D eigenvalue weighted by Gasteiger charge is -2.05. The van der Waals surface area contributed by atoms with Crippen LogP contribution in [-0.2, 0) is 16.0 Å². The molecule has 8 heteroatoms. The summed E-state index contributed by atoms with van der Waals surface area (Å²) in [6, 6.07) is 13.4. The number of rotatable bonds is 6. The first-order valence-electron chi connectivity index (χ1n) is 8.87. The molecule has 0 saturated heterocycles. The maximum atomic E-state index is 12.4. The second-order valence-corrected chi connectivity index (χ2v) is 7.17. The van der Waals surface area contributed by atoms with Gasteiger partial charge >= 0.3 is 5.97 Å². The summed E-state index contributed by atoms with van der Waals surface area (Å²) >= 11 is 1.33. The Kier molecular flexibility index (Phi) is 5.26. The second kappa shape index (κ2) is 8.15. The van der Waals surface area contributed by atoms with Crippen LogP contribution in [0, 0.1) is 0 Å². The molecule has 3 aromatic heterocycles. The number of esters is 1. The average Bonchev–Trinajstić information content (AvgIpc) is 3.48. The first kappa shape index (κ1) is 18.7. The molecule has 0 aliphatic rings. The van der Waals surface area contributed by atoms with Gasteiger partial charge < -0.3 is 19.6 Å². The van der Waals surface area contributed by atoms with Crippen molar-refractivity contribution in [3.05, 3.63) is 77.7 Å². The lowest BCUT2D eigenvalue weighted by atomic mass is 10.1. The van der Waals surface area contributed by atoms with Crippen LogP contribution in [0.5, 0.6) is 0 Å². The maximum absolute atomic E-state index is 12.4. The van der Waals surface area contributed by atoms with Crippen molar-refractivity contribution in [1.29, 1.82) is 0 Å². The molecule has 1 aromatic carbocycles. The van der Waals surface area contributed by atoms with Crippen LogP contribution in [0.1, 0.15) is 16.1 Å². The Bertz CT molecular complexity index is 1130. The van der Waals surface area contributed by atoms with Crippen LogP contribution in [0.25, 0.3) is 16.9 Å². The lowest BCUT2D eigenvalue weighted by molar-refractivity contribution is -0.115. The average molecular weight is 406 g/mol. The van der Waals surface area contributed by atoms with Gasteiger partial charge in [0.15, 0.2) is 5.13 Å². The number of H-pyrrole nitrogens is 1. The largest absolute Gasteiger partial charge is 0.464 e. The van der Waals surface area contributed by atoms with Crippen molar-refractivity contribution >= 4 is 28.3 Å². The van der Waals surface area contributed by atoms with Gasteiger partial charge in [-0.3, -0.25) is 4.79 Å². The van der Waals surface area contributed by atoms with Crippen LogP contribution in [0.15, 0.2) is 66.4 Å². The topological polar surface area (TPSA) is 89.0 Å². The highest BCUT2D eigenvalue weighted by Crippen LogP contribution is 2.26. The van der Waals surface area contributed by atoms with E-state index in [4.69, 9.17) is 0 Å². The van der Waals surface area contributed by atoms with Gasteiger partial charge in [0.2, 0.25) is 5.91 Å². The van der Waals surface area contributed by atoms with Crippen molar-refractivity contribution in [2.45, 2.75) is 6.42 Å². The number of nitrogens with zero attached hydrogens (tertiary/aromatic N) is 2. The first-order chi connectivity index (χ1) is 14.1. The van der Waals surface area contributed by atoms with Gasteiger partial charge in [0.1, 0.15) is 5.69 Å². The number of carbonyl (C=O) groups excluding carboxylic acids is 2. The van der Waals surface area contributed by atoms with E-state index in [0.29, 0.717) is 16.5 Å². The van der Waals surface area contributed by atoms with Crippen molar-refractivity contribution in [3.63, 3.8) is 0 Å². The Balaban J connectivity index is 1.38. The van der Waals surface area contributed by atoms with E-state index in [2.05, 4.69) is 20.0 Å². The minimum Gasteiger partial charge on any atom is -0.464 e. The Hall–Kier alpha value is -3.65. The third kappa shape index (κ3) is 4.27. The van der Waals surface area contributed by atoms with Crippen LogP contribution < -0.4 is 5.32 Å². The van der Waals surface area contributed by atoms with E-state index < -0.39 is 5.97 Å². The summed E-state index contributed by atoms with van der Waals surface area (Å²) in [7, 11) is 1.33. The summed E-state index contributed by atoms with van der Waals surface area (Å²) in [5.41, 5.74) is 3.74. The number of amides is 1.